The number of methoxy groups -OCH3 is 1. The van der Waals surface area contributed by atoms with E-state index in [2.05, 4.69) is 50.4 Å². The van der Waals surface area contributed by atoms with Crippen molar-refractivity contribution in [3.8, 4) is 5.75 Å². The highest BCUT2D eigenvalue weighted by atomic mass is 16.5. The minimum absolute atomic E-state index is 0.606. The van der Waals surface area contributed by atoms with Crippen molar-refractivity contribution in [2.75, 3.05) is 43.5 Å². The molecule has 1 aliphatic rings. The molecule has 0 radical (unpaired) electrons. The number of ether oxygens (including phenoxy) is 1. The smallest absolute Gasteiger partial charge is 0.229 e. The maximum Gasteiger partial charge on any atom is 0.229 e. The van der Waals surface area contributed by atoms with Gasteiger partial charge < -0.3 is 15.0 Å². The lowest BCUT2D eigenvalue weighted by molar-refractivity contribution is 0.249. The molecular weight excluding hydrogens is 350 g/mol. The molecule has 1 saturated heterocycles. The third-order valence-corrected chi connectivity index (χ3v) is 4.93. The lowest BCUT2D eigenvalue weighted by atomic mass is 10.2. The van der Waals surface area contributed by atoms with Gasteiger partial charge in [0.15, 0.2) is 0 Å². The van der Waals surface area contributed by atoms with Crippen LogP contribution in [0.15, 0.2) is 66.9 Å². The highest BCUT2D eigenvalue weighted by Gasteiger charge is 2.18. The van der Waals surface area contributed by atoms with E-state index in [4.69, 9.17) is 9.72 Å². The maximum atomic E-state index is 5.19. The molecule has 28 heavy (non-hydrogen) atoms. The zero-order valence-electron chi connectivity index (χ0n) is 16.1. The van der Waals surface area contributed by atoms with Crippen LogP contribution in [-0.4, -0.2) is 48.2 Å². The van der Waals surface area contributed by atoms with E-state index >= 15 is 0 Å². The monoisotopic (exact) mass is 375 g/mol. The van der Waals surface area contributed by atoms with Crippen LogP contribution < -0.4 is 15.0 Å². The molecule has 6 nitrogen and oxygen atoms in total. The van der Waals surface area contributed by atoms with E-state index in [9.17, 15) is 0 Å². The third-order valence-electron chi connectivity index (χ3n) is 4.93. The normalized spacial score (nSPS) is 14.7. The summed E-state index contributed by atoms with van der Waals surface area (Å²) in [5.41, 5.74) is 2.30. The van der Waals surface area contributed by atoms with E-state index in [-0.39, 0.29) is 0 Å². The predicted octanol–water partition coefficient (Wildman–Crippen LogP) is 3.55. The summed E-state index contributed by atoms with van der Waals surface area (Å²) in [5.74, 6) is 2.40. The lowest BCUT2D eigenvalue weighted by Crippen LogP contribution is -2.46. The van der Waals surface area contributed by atoms with E-state index in [1.54, 1.807) is 7.11 Å². The Morgan fingerprint density at radius 3 is 2.39 bits per heavy atom. The Kier molecular flexibility index (Phi) is 5.68. The largest absolute Gasteiger partial charge is 0.497 e. The van der Waals surface area contributed by atoms with E-state index in [0.717, 1.165) is 50.0 Å². The molecule has 0 spiro atoms. The molecule has 144 valence electrons. The minimum atomic E-state index is 0.606. The van der Waals surface area contributed by atoms with Gasteiger partial charge in [-0.1, -0.05) is 30.3 Å². The quantitative estimate of drug-likeness (QED) is 0.711. The number of hydrogen-bond acceptors (Lipinski definition) is 6. The molecule has 0 aliphatic carbocycles. The molecule has 6 heteroatoms. The molecule has 1 aromatic heterocycles. The van der Waals surface area contributed by atoms with Gasteiger partial charge in [-0.2, -0.15) is 4.98 Å². The summed E-state index contributed by atoms with van der Waals surface area (Å²) >= 11 is 0. The van der Waals surface area contributed by atoms with Crippen molar-refractivity contribution in [3.63, 3.8) is 0 Å². The molecule has 1 aliphatic heterocycles. The fraction of sp³-hybridized carbons (Fsp3) is 0.273. The van der Waals surface area contributed by atoms with Crippen LogP contribution in [0.4, 0.5) is 17.5 Å². The Hall–Kier alpha value is -3.12. The molecular formula is C22H25N5O. The second kappa shape index (κ2) is 8.71. The van der Waals surface area contributed by atoms with Gasteiger partial charge in [0.25, 0.3) is 0 Å². The molecule has 0 saturated carbocycles. The number of nitrogens with zero attached hydrogens (tertiary/aromatic N) is 4. The van der Waals surface area contributed by atoms with Gasteiger partial charge in [-0.3, -0.25) is 4.90 Å². The van der Waals surface area contributed by atoms with Gasteiger partial charge in [-0.15, -0.1) is 0 Å². The maximum absolute atomic E-state index is 5.19. The average molecular weight is 375 g/mol. The van der Waals surface area contributed by atoms with Gasteiger partial charge in [0.1, 0.15) is 11.6 Å². The summed E-state index contributed by atoms with van der Waals surface area (Å²) in [6, 6.07) is 20.4. The van der Waals surface area contributed by atoms with Crippen molar-refractivity contribution in [1.29, 1.82) is 0 Å². The number of anilines is 3. The summed E-state index contributed by atoms with van der Waals surface area (Å²) in [4.78, 5) is 13.9. The summed E-state index contributed by atoms with van der Waals surface area (Å²) in [6.45, 7) is 4.99. The number of aromatic nitrogens is 2. The fourth-order valence-electron chi connectivity index (χ4n) is 3.37. The van der Waals surface area contributed by atoms with E-state index < -0.39 is 0 Å². The SMILES string of the molecule is COc1ccc(Nc2nccc(N3CCN(Cc4ccccc4)CC3)n2)cc1. The van der Waals surface area contributed by atoms with Gasteiger partial charge in [0.2, 0.25) is 5.95 Å². The Morgan fingerprint density at radius 1 is 0.929 bits per heavy atom. The summed E-state index contributed by atoms with van der Waals surface area (Å²) in [6.07, 6.45) is 1.81. The topological polar surface area (TPSA) is 53.5 Å². The van der Waals surface area contributed by atoms with Crippen molar-refractivity contribution in [2.24, 2.45) is 0 Å². The first-order valence-corrected chi connectivity index (χ1v) is 9.55. The van der Waals surface area contributed by atoms with Crippen LogP contribution in [0.25, 0.3) is 0 Å². The van der Waals surface area contributed by atoms with Crippen molar-refractivity contribution < 1.29 is 4.74 Å². The second-order valence-corrected chi connectivity index (χ2v) is 6.84. The highest BCUT2D eigenvalue weighted by molar-refractivity contribution is 5.56. The second-order valence-electron chi connectivity index (χ2n) is 6.84. The van der Waals surface area contributed by atoms with Gasteiger partial charge in [-0.05, 0) is 35.9 Å². The number of nitrogens with one attached hydrogen (secondary N) is 1. The van der Waals surface area contributed by atoms with Crippen LogP contribution in [-0.2, 0) is 6.54 Å². The van der Waals surface area contributed by atoms with Crippen LogP contribution in [0.3, 0.4) is 0 Å². The first kappa shape index (κ1) is 18.3. The van der Waals surface area contributed by atoms with E-state index in [0.29, 0.717) is 5.95 Å². The summed E-state index contributed by atoms with van der Waals surface area (Å²) < 4.78 is 5.19. The molecule has 3 aromatic rings. The Bertz CT molecular complexity index is 877. The fourth-order valence-corrected chi connectivity index (χ4v) is 3.37. The summed E-state index contributed by atoms with van der Waals surface area (Å²) in [5, 5.41) is 3.26. The first-order chi connectivity index (χ1) is 13.8. The highest BCUT2D eigenvalue weighted by Crippen LogP contribution is 2.20. The molecule has 1 fully saturated rings. The Morgan fingerprint density at radius 2 is 1.68 bits per heavy atom. The standard InChI is InChI=1S/C22H25N5O/c1-28-20-9-7-19(8-10-20)24-22-23-12-11-21(25-22)27-15-13-26(14-16-27)17-18-5-3-2-4-6-18/h2-12H,13-17H2,1H3,(H,23,24,25). The molecule has 1 N–H and O–H groups in total. The number of piperazine rings is 1. The van der Waals surface area contributed by atoms with Crippen LogP contribution in [0.2, 0.25) is 0 Å². The molecule has 4 rings (SSSR count). The van der Waals surface area contributed by atoms with Crippen molar-refractivity contribution in [3.05, 3.63) is 72.4 Å². The molecule has 0 amide bonds. The van der Waals surface area contributed by atoms with Crippen LogP contribution in [0, 0.1) is 0 Å². The Labute approximate surface area is 165 Å². The molecule has 0 bridgehead atoms. The van der Waals surface area contributed by atoms with E-state index in [1.165, 1.54) is 5.56 Å². The zero-order valence-corrected chi connectivity index (χ0v) is 16.1. The lowest BCUT2D eigenvalue weighted by Gasteiger charge is -2.35. The predicted molar refractivity (Wildman–Crippen MR) is 112 cm³/mol. The first-order valence-electron chi connectivity index (χ1n) is 9.55. The molecule has 0 atom stereocenters. The van der Waals surface area contributed by atoms with Crippen LogP contribution in [0.5, 0.6) is 5.75 Å². The molecule has 0 unspecified atom stereocenters. The Balaban J connectivity index is 1.35. The van der Waals surface area contributed by atoms with Crippen molar-refractivity contribution >= 4 is 17.5 Å². The van der Waals surface area contributed by atoms with Gasteiger partial charge in [-0.25, -0.2) is 4.98 Å². The average Bonchev–Trinajstić information content (AvgIpc) is 2.76. The number of hydrogen-bond donors (Lipinski definition) is 1. The molecule has 2 aromatic carbocycles. The third kappa shape index (κ3) is 4.58. The van der Waals surface area contributed by atoms with Gasteiger partial charge >= 0.3 is 0 Å². The van der Waals surface area contributed by atoms with Crippen molar-refractivity contribution in [2.45, 2.75) is 6.54 Å². The molecule has 2 heterocycles. The van der Waals surface area contributed by atoms with Crippen LogP contribution >= 0.6 is 0 Å². The summed E-state index contributed by atoms with van der Waals surface area (Å²) in [7, 11) is 1.66. The van der Waals surface area contributed by atoms with Gasteiger partial charge in [0.05, 0.1) is 7.11 Å². The number of rotatable bonds is 6. The zero-order chi connectivity index (χ0) is 19.2. The minimum Gasteiger partial charge on any atom is -0.497 e. The van der Waals surface area contributed by atoms with Crippen molar-refractivity contribution in [1.82, 2.24) is 14.9 Å². The van der Waals surface area contributed by atoms with Gasteiger partial charge in [0, 0.05) is 44.6 Å². The number of benzene rings is 2. The van der Waals surface area contributed by atoms with E-state index in [1.807, 2.05) is 36.5 Å². The van der Waals surface area contributed by atoms with Crippen LogP contribution in [0.1, 0.15) is 5.56 Å².